The first-order valence-corrected chi connectivity index (χ1v) is 6.71. The average Bonchev–Trinajstić information content (AvgIpc) is 2.32. The fraction of sp³-hybridized carbons (Fsp3) is 0.500. The van der Waals surface area contributed by atoms with Crippen molar-refractivity contribution < 1.29 is 17.9 Å². The minimum absolute atomic E-state index is 0.0721. The Morgan fingerprint density at radius 3 is 2.33 bits per heavy atom. The third-order valence-corrected chi connectivity index (χ3v) is 2.65. The zero-order chi connectivity index (χ0) is 16.3. The van der Waals surface area contributed by atoms with Gasteiger partial charge in [-0.2, -0.15) is 13.2 Å². The van der Waals surface area contributed by atoms with Gasteiger partial charge in [0.15, 0.2) is 0 Å². The minimum atomic E-state index is -4.44. The first kappa shape index (κ1) is 17.6. The Bertz CT molecular complexity index is 501. The van der Waals surface area contributed by atoms with Gasteiger partial charge in [0.05, 0.1) is 5.56 Å². The SMILES string of the molecule is C=C(C)COc1ccc(CNC(C)(C)C)cc1C(F)(F)F. The van der Waals surface area contributed by atoms with Crippen molar-refractivity contribution in [2.24, 2.45) is 0 Å². The van der Waals surface area contributed by atoms with Crippen LogP contribution in [0.1, 0.15) is 38.8 Å². The number of benzene rings is 1. The van der Waals surface area contributed by atoms with Crippen molar-refractivity contribution in [3.05, 3.63) is 41.5 Å². The Morgan fingerprint density at radius 1 is 1.24 bits per heavy atom. The van der Waals surface area contributed by atoms with E-state index < -0.39 is 11.7 Å². The van der Waals surface area contributed by atoms with E-state index in [4.69, 9.17) is 4.74 Å². The third-order valence-electron chi connectivity index (χ3n) is 2.65. The highest BCUT2D eigenvalue weighted by Crippen LogP contribution is 2.37. The fourth-order valence-corrected chi connectivity index (χ4v) is 1.60. The number of hydrogen-bond acceptors (Lipinski definition) is 2. The zero-order valence-corrected chi connectivity index (χ0v) is 12.9. The number of ether oxygens (including phenoxy) is 1. The van der Waals surface area contributed by atoms with E-state index in [1.807, 2.05) is 20.8 Å². The first-order chi connectivity index (χ1) is 9.49. The van der Waals surface area contributed by atoms with Gasteiger partial charge in [-0.25, -0.2) is 0 Å². The highest BCUT2D eigenvalue weighted by atomic mass is 19.4. The second kappa shape index (κ2) is 6.52. The molecular weight excluding hydrogens is 279 g/mol. The van der Waals surface area contributed by atoms with Crippen LogP contribution in [-0.4, -0.2) is 12.1 Å². The van der Waals surface area contributed by atoms with E-state index in [0.717, 1.165) is 6.07 Å². The molecule has 0 unspecified atom stereocenters. The molecule has 21 heavy (non-hydrogen) atoms. The van der Waals surface area contributed by atoms with E-state index in [0.29, 0.717) is 17.7 Å². The molecule has 0 bridgehead atoms. The lowest BCUT2D eigenvalue weighted by Crippen LogP contribution is -2.35. The van der Waals surface area contributed by atoms with E-state index >= 15 is 0 Å². The van der Waals surface area contributed by atoms with Gasteiger partial charge in [0.2, 0.25) is 0 Å². The van der Waals surface area contributed by atoms with Crippen molar-refractivity contribution in [1.29, 1.82) is 0 Å². The largest absolute Gasteiger partial charge is 0.489 e. The second-order valence-electron chi connectivity index (χ2n) is 6.18. The van der Waals surface area contributed by atoms with E-state index in [1.54, 1.807) is 13.0 Å². The van der Waals surface area contributed by atoms with Crippen molar-refractivity contribution in [3.63, 3.8) is 0 Å². The lowest BCUT2D eigenvalue weighted by molar-refractivity contribution is -0.138. The van der Waals surface area contributed by atoms with Crippen LogP contribution in [0.5, 0.6) is 5.75 Å². The van der Waals surface area contributed by atoms with E-state index in [-0.39, 0.29) is 17.9 Å². The maximum Gasteiger partial charge on any atom is 0.419 e. The Labute approximate surface area is 124 Å². The van der Waals surface area contributed by atoms with Crippen LogP contribution in [0.4, 0.5) is 13.2 Å². The van der Waals surface area contributed by atoms with Gasteiger partial charge in [-0.05, 0) is 51.0 Å². The summed E-state index contributed by atoms with van der Waals surface area (Å²) in [6.45, 7) is 11.6. The monoisotopic (exact) mass is 301 g/mol. The number of hydrogen-bond donors (Lipinski definition) is 1. The van der Waals surface area contributed by atoms with Gasteiger partial charge in [0.25, 0.3) is 0 Å². The smallest absolute Gasteiger partial charge is 0.419 e. The van der Waals surface area contributed by atoms with Gasteiger partial charge < -0.3 is 10.1 Å². The van der Waals surface area contributed by atoms with Crippen molar-refractivity contribution in [2.75, 3.05) is 6.61 Å². The third kappa shape index (κ3) is 6.21. The molecule has 0 spiro atoms. The maximum atomic E-state index is 13.1. The predicted octanol–water partition coefficient (Wildman–Crippen LogP) is 4.55. The van der Waals surface area contributed by atoms with Crippen molar-refractivity contribution in [2.45, 2.75) is 46.0 Å². The Kier molecular flexibility index (Phi) is 5.45. The molecule has 0 saturated carbocycles. The topological polar surface area (TPSA) is 21.3 Å². The molecular formula is C16H22F3NO. The van der Waals surface area contributed by atoms with E-state index in [9.17, 15) is 13.2 Å². The molecule has 0 aliphatic heterocycles. The van der Waals surface area contributed by atoms with Crippen molar-refractivity contribution in [3.8, 4) is 5.75 Å². The summed E-state index contributed by atoms with van der Waals surface area (Å²) in [6, 6.07) is 4.14. The normalized spacial score (nSPS) is 12.3. The maximum absolute atomic E-state index is 13.1. The first-order valence-electron chi connectivity index (χ1n) is 6.71. The summed E-state index contributed by atoms with van der Waals surface area (Å²) in [5.74, 6) is -0.162. The molecule has 1 aromatic carbocycles. The molecule has 1 rings (SSSR count). The number of nitrogens with one attached hydrogen (secondary N) is 1. The van der Waals surface area contributed by atoms with Crippen LogP contribution >= 0.6 is 0 Å². The standard InChI is InChI=1S/C16H22F3NO/c1-11(2)10-21-14-7-6-12(9-20-15(3,4)5)8-13(14)16(17,18)19/h6-8,20H,1,9-10H2,2-5H3. The molecule has 0 heterocycles. The summed E-state index contributed by atoms with van der Waals surface area (Å²) in [4.78, 5) is 0. The van der Waals surface area contributed by atoms with Gasteiger partial charge in [-0.15, -0.1) is 0 Å². The van der Waals surface area contributed by atoms with Crippen LogP contribution in [0.15, 0.2) is 30.4 Å². The van der Waals surface area contributed by atoms with Crippen molar-refractivity contribution in [1.82, 2.24) is 5.32 Å². The van der Waals surface area contributed by atoms with Gasteiger partial charge in [-0.1, -0.05) is 12.6 Å². The van der Waals surface area contributed by atoms with Gasteiger partial charge in [0.1, 0.15) is 12.4 Å². The lowest BCUT2D eigenvalue weighted by atomic mass is 10.1. The summed E-state index contributed by atoms with van der Waals surface area (Å²) in [7, 11) is 0. The molecule has 0 atom stereocenters. The summed E-state index contributed by atoms with van der Waals surface area (Å²) in [5, 5.41) is 3.16. The van der Waals surface area contributed by atoms with E-state index in [2.05, 4.69) is 11.9 Å². The minimum Gasteiger partial charge on any atom is -0.489 e. The highest BCUT2D eigenvalue weighted by Gasteiger charge is 2.34. The van der Waals surface area contributed by atoms with Crippen molar-refractivity contribution >= 4 is 0 Å². The average molecular weight is 301 g/mol. The van der Waals surface area contributed by atoms with Crippen LogP contribution in [0, 0.1) is 0 Å². The Balaban J connectivity index is 2.99. The van der Waals surface area contributed by atoms with Gasteiger partial charge in [0, 0.05) is 12.1 Å². The molecule has 2 nitrogen and oxygen atoms in total. The summed E-state index contributed by atoms with van der Waals surface area (Å²) < 4.78 is 44.5. The molecule has 0 aliphatic carbocycles. The Hall–Kier alpha value is -1.49. The summed E-state index contributed by atoms with van der Waals surface area (Å²) in [5.41, 5.74) is 0.326. The lowest BCUT2D eigenvalue weighted by Gasteiger charge is -2.21. The fourth-order valence-electron chi connectivity index (χ4n) is 1.60. The molecule has 1 aromatic rings. The van der Waals surface area contributed by atoms with Crippen LogP contribution in [-0.2, 0) is 12.7 Å². The molecule has 0 amide bonds. The molecule has 0 radical (unpaired) electrons. The molecule has 0 fully saturated rings. The second-order valence-corrected chi connectivity index (χ2v) is 6.18. The molecule has 5 heteroatoms. The number of alkyl halides is 3. The van der Waals surface area contributed by atoms with Crippen LogP contribution in [0.25, 0.3) is 0 Å². The summed E-state index contributed by atoms with van der Waals surface area (Å²) in [6.07, 6.45) is -4.44. The predicted molar refractivity (Wildman–Crippen MR) is 78.3 cm³/mol. The molecule has 0 saturated heterocycles. The molecule has 0 aromatic heterocycles. The number of rotatable bonds is 5. The summed E-state index contributed by atoms with van der Waals surface area (Å²) >= 11 is 0. The van der Waals surface area contributed by atoms with Crippen LogP contribution in [0.2, 0.25) is 0 Å². The molecule has 118 valence electrons. The number of halogens is 3. The van der Waals surface area contributed by atoms with Crippen LogP contribution in [0.3, 0.4) is 0 Å². The quantitative estimate of drug-likeness (QED) is 0.806. The Morgan fingerprint density at radius 2 is 1.86 bits per heavy atom. The van der Waals surface area contributed by atoms with Crippen LogP contribution < -0.4 is 10.1 Å². The zero-order valence-electron chi connectivity index (χ0n) is 12.9. The van der Waals surface area contributed by atoms with E-state index in [1.165, 1.54) is 6.07 Å². The highest BCUT2D eigenvalue weighted by molar-refractivity contribution is 5.39. The van der Waals surface area contributed by atoms with Gasteiger partial charge >= 0.3 is 6.18 Å². The van der Waals surface area contributed by atoms with Gasteiger partial charge in [-0.3, -0.25) is 0 Å². The molecule has 0 aliphatic rings. The molecule has 1 N–H and O–H groups in total.